The number of hydrogen-bond donors (Lipinski definition) is 2. The highest BCUT2D eigenvalue weighted by Crippen LogP contribution is 2.43. The molecule has 0 amide bonds. The van der Waals surface area contributed by atoms with Crippen LogP contribution in [-0.4, -0.2) is 25.2 Å². The molecular weight excluding hydrogens is 243 g/mol. The highest BCUT2D eigenvalue weighted by molar-refractivity contribution is 5.39. The highest BCUT2D eigenvalue weighted by Gasteiger charge is 2.41. The molecule has 104 valence electrons. The van der Waals surface area contributed by atoms with Gasteiger partial charge in [-0.1, -0.05) is 13.0 Å². The molecule has 2 aliphatic rings. The number of benzene rings is 1. The van der Waals surface area contributed by atoms with Crippen molar-refractivity contribution in [2.75, 3.05) is 19.6 Å². The lowest BCUT2D eigenvalue weighted by molar-refractivity contribution is 0.00310. The topological polar surface area (TPSA) is 33.3 Å². The fourth-order valence-electron chi connectivity index (χ4n) is 3.26. The smallest absolute Gasteiger partial charge is 0.127 e. The van der Waals surface area contributed by atoms with Gasteiger partial charge in [-0.2, -0.15) is 0 Å². The third kappa shape index (κ3) is 2.47. The standard InChI is InChI=1S/C15H21FN2O/c1-2-18-13-10-15(5-7-17-8-6-15)19-14-9-11(16)3-4-12(13)14/h3-4,9,13,17-18H,2,5-8,10H2,1H3. The molecule has 1 atom stereocenters. The molecular formula is C15H21FN2O. The van der Waals surface area contributed by atoms with Gasteiger partial charge in [-0.05, 0) is 38.5 Å². The molecule has 3 nitrogen and oxygen atoms in total. The number of piperidine rings is 1. The van der Waals surface area contributed by atoms with Crippen LogP contribution >= 0.6 is 0 Å². The maximum Gasteiger partial charge on any atom is 0.127 e. The van der Waals surface area contributed by atoms with Crippen LogP contribution in [0.5, 0.6) is 5.75 Å². The van der Waals surface area contributed by atoms with E-state index in [0.29, 0.717) is 0 Å². The Bertz CT molecular complexity index is 457. The summed E-state index contributed by atoms with van der Waals surface area (Å²) in [5.74, 6) is 0.499. The molecule has 2 aliphatic heterocycles. The van der Waals surface area contributed by atoms with E-state index in [1.807, 2.05) is 6.07 Å². The van der Waals surface area contributed by atoms with Crippen LogP contribution in [0.3, 0.4) is 0 Å². The van der Waals surface area contributed by atoms with Crippen molar-refractivity contribution in [1.29, 1.82) is 0 Å². The summed E-state index contributed by atoms with van der Waals surface area (Å²) in [5.41, 5.74) is 0.964. The second kappa shape index (κ2) is 5.10. The molecule has 2 heterocycles. The molecule has 0 aromatic heterocycles. The number of rotatable bonds is 2. The van der Waals surface area contributed by atoms with Gasteiger partial charge >= 0.3 is 0 Å². The first-order valence-corrected chi connectivity index (χ1v) is 7.15. The molecule has 2 N–H and O–H groups in total. The first-order chi connectivity index (χ1) is 9.22. The second-order valence-corrected chi connectivity index (χ2v) is 5.53. The summed E-state index contributed by atoms with van der Waals surface area (Å²) in [6, 6.07) is 5.18. The van der Waals surface area contributed by atoms with Crippen molar-refractivity contribution in [3.8, 4) is 5.75 Å². The van der Waals surface area contributed by atoms with Gasteiger partial charge in [-0.15, -0.1) is 0 Å². The number of nitrogens with one attached hydrogen (secondary N) is 2. The first kappa shape index (κ1) is 12.9. The third-order valence-electron chi connectivity index (χ3n) is 4.22. The Kier molecular flexibility index (Phi) is 3.46. The summed E-state index contributed by atoms with van der Waals surface area (Å²) in [6.07, 6.45) is 2.96. The molecule has 0 aliphatic carbocycles. The van der Waals surface area contributed by atoms with Gasteiger partial charge in [0.2, 0.25) is 0 Å². The van der Waals surface area contributed by atoms with Crippen molar-refractivity contribution < 1.29 is 9.13 Å². The lowest BCUT2D eigenvalue weighted by Gasteiger charge is -2.44. The molecule has 19 heavy (non-hydrogen) atoms. The predicted molar refractivity (Wildman–Crippen MR) is 72.9 cm³/mol. The number of ether oxygens (including phenoxy) is 1. The van der Waals surface area contributed by atoms with Crippen molar-refractivity contribution in [3.63, 3.8) is 0 Å². The van der Waals surface area contributed by atoms with Crippen molar-refractivity contribution in [2.45, 2.75) is 37.8 Å². The van der Waals surface area contributed by atoms with E-state index in [-0.39, 0.29) is 17.5 Å². The zero-order chi connectivity index (χ0) is 13.3. The lowest BCUT2D eigenvalue weighted by atomic mass is 9.81. The van der Waals surface area contributed by atoms with Crippen molar-refractivity contribution in [1.82, 2.24) is 10.6 Å². The number of hydrogen-bond acceptors (Lipinski definition) is 3. The fourth-order valence-corrected chi connectivity index (χ4v) is 3.26. The van der Waals surface area contributed by atoms with Gasteiger partial charge in [0.05, 0.1) is 0 Å². The van der Waals surface area contributed by atoms with Crippen LogP contribution in [0.25, 0.3) is 0 Å². The minimum atomic E-state index is -0.222. The summed E-state index contributed by atoms with van der Waals surface area (Å²) < 4.78 is 19.6. The van der Waals surface area contributed by atoms with Gasteiger partial charge < -0.3 is 15.4 Å². The molecule has 1 spiro atoms. The van der Waals surface area contributed by atoms with E-state index in [1.165, 1.54) is 12.1 Å². The molecule has 1 fully saturated rings. The van der Waals surface area contributed by atoms with E-state index in [1.54, 1.807) is 0 Å². The van der Waals surface area contributed by atoms with Gasteiger partial charge in [-0.25, -0.2) is 4.39 Å². The minimum Gasteiger partial charge on any atom is -0.487 e. The Labute approximate surface area is 113 Å². The number of halogens is 1. The van der Waals surface area contributed by atoms with Crippen LogP contribution in [0.1, 0.15) is 37.8 Å². The molecule has 3 rings (SSSR count). The first-order valence-electron chi connectivity index (χ1n) is 7.15. The Morgan fingerprint density at radius 1 is 1.42 bits per heavy atom. The zero-order valence-electron chi connectivity index (χ0n) is 11.3. The molecule has 1 aromatic carbocycles. The van der Waals surface area contributed by atoms with Gasteiger partial charge in [0.25, 0.3) is 0 Å². The van der Waals surface area contributed by atoms with Gasteiger partial charge in [0.15, 0.2) is 0 Å². The largest absolute Gasteiger partial charge is 0.487 e. The third-order valence-corrected chi connectivity index (χ3v) is 4.22. The van der Waals surface area contributed by atoms with E-state index in [0.717, 1.165) is 50.2 Å². The average molecular weight is 264 g/mol. The maximum atomic E-state index is 13.5. The van der Waals surface area contributed by atoms with Gasteiger partial charge in [0.1, 0.15) is 17.2 Å². The van der Waals surface area contributed by atoms with Crippen LogP contribution in [0.2, 0.25) is 0 Å². The average Bonchev–Trinajstić information content (AvgIpc) is 2.39. The van der Waals surface area contributed by atoms with Crippen LogP contribution in [0, 0.1) is 5.82 Å². The summed E-state index contributed by atoms with van der Waals surface area (Å²) in [6.45, 7) is 4.97. The van der Waals surface area contributed by atoms with Crippen LogP contribution in [0.4, 0.5) is 4.39 Å². The fraction of sp³-hybridized carbons (Fsp3) is 0.600. The van der Waals surface area contributed by atoms with Crippen LogP contribution < -0.4 is 15.4 Å². The molecule has 4 heteroatoms. The van der Waals surface area contributed by atoms with Crippen molar-refractivity contribution in [2.24, 2.45) is 0 Å². The SMILES string of the molecule is CCNC1CC2(CCNCC2)Oc2cc(F)ccc21. The summed E-state index contributed by atoms with van der Waals surface area (Å²) in [4.78, 5) is 0. The van der Waals surface area contributed by atoms with E-state index < -0.39 is 0 Å². The Balaban J connectivity index is 1.94. The van der Waals surface area contributed by atoms with Crippen molar-refractivity contribution >= 4 is 0 Å². The second-order valence-electron chi connectivity index (χ2n) is 5.53. The Hall–Kier alpha value is -1.13. The lowest BCUT2D eigenvalue weighted by Crippen LogP contribution is -2.50. The highest BCUT2D eigenvalue weighted by atomic mass is 19.1. The molecule has 0 bridgehead atoms. The summed E-state index contributed by atoms with van der Waals surface area (Å²) in [7, 11) is 0. The van der Waals surface area contributed by atoms with Crippen molar-refractivity contribution in [3.05, 3.63) is 29.6 Å². The van der Waals surface area contributed by atoms with E-state index in [2.05, 4.69) is 17.6 Å². The summed E-state index contributed by atoms with van der Waals surface area (Å²) in [5, 5.41) is 6.87. The minimum absolute atomic E-state index is 0.126. The zero-order valence-corrected chi connectivity index (χ0v) is 11.3. The normalized spacial score (nSPS) is 24.8. The van der Waals surface area contributed by atoms with Crippen LogP contribution in [0.15, 0.2) is 18.2 Å². The van der Waals surface area contributed by atoms with E-state index >= 15 is 0 Å². The Morgan fingerprint density at radius 3 is 2.95 bits per heavy atom. The predicted octanol–water partition coefficient (Wildman–Crippen LogP) is 2.38. The van der Waals surface area contributed by atoms with Gasteiger partial charge in [-0.3, -0.25) is 0 Å². The quantitative estimate of drug-likeness (QED) is 0.860. The monoisotopic (exact) mass is 264 g/mol. The van der Waals surface area contributed by atoms with E-state index in [9.17, 15) is 4.39 Å². The van der Waals surface area contributed by atoms with Crippen LogP contribution in [-0.2, 0) is 0 Å². The molecule has 0 radical (unpaired) electrons. The van der Waals surface area contributed by atoms with E-state index in [4.69, 9.17) is 4.74 Å². The molecule has 0 saturated carbocycles. The number of fused-ring (bicyclic) bond motifs is 1. The maximum absolute atomic E-state index is 13.5. The molecule has 1 saturated heterocycles. The Morgan fingerprint density at radius 2 is 2.21 bits per heavy atom. The van der Waals surface area contributed by atoms with Gasteiger partial charge in [0, 0.05) is 24.1 Å². The summed E-state index contributed by atoms with van der Waals surface area (Å²) >= 11 is 0. The molecule has 1 aromatic rings. The molecule has 1 unspecified atom stereocenters.